The van der Waals surface area contributed by atoms with Crippen molar-refractivity contribution in [3.63, 3.8) is 0 Å². The van der Waals surface area contributed by atoms with E-state index in [-0.39, 0.29) is 5.76 Å². The number of furan rings is 1. The molecule has 1 fully saturated rings. The summed E-state index contributed by atoms with van der Waals surface area (Å²) in [6.45, 7) is 3.43. The van der Waals surface area contributed by atoms with Crippen LogP contribution < -0.4 is 5.32 Å². The molecule has 1 heterocycles. The van der Waals surface area contributed by atoms with Crippen LogP contribution in [0.4, 0.5) is 0 Å². The Morgan fingerprint density at radius 1 is 1.00 bits per heavy atom. The van der Waals surface area contributed by atoms with Crippen LogP contribution in [0.3, 0.4) is 0 Å². The molecule has 0 bridgehead atoms. The van der Waals surface area contributed by atoms with Crippen molar-refractivity contribution in [3.8, 4) is 0 Å². The highest BCUT2D eigenvalue weighted by Crippen LogP contribution is 2.22. The van der Waals surface area contributed by atoms with E-state index in [0.717, 1.165) is 5.56 Å². The zero-order chi connectivity index (χ0) is 15.9. The van der Waals surface area contributed by atoms with Crippen molar-refractivity contribution in [3.05, 3.63) is 23.2 Å². The van der Waals surface area contributed by atoms with Gasteiger partial charge in [0.05, 0.1) is 6.04 Å². The molecule has 0 saturated heterocycles. The number of carbonyl (C=O) groups is 1. The lowest BCUT2D eigenvalue weighted by Crippen LogP contribution is -2.68. The van der Waals surface area contributed by atoms with E-state index in [2.05, 4.69) is 5.32 Å². The molecule has 2 rings (SSSR count). The molecule has 0 radical (unpaired) electrons. The zero-order valence-electron chi connectivity index (χ0n) is 11.6. The first-order chi connectivity index (χ1) is 9.73. The molecule has 0 aromatic carbocycles. The van der Waals surface area contributed by atoms with E-state index in [4.69, 9.17) is 4.42 Å². The third kappa shape index (κ3) is 2.81. The summed E-state index contributed by atoms with van der Waals surface area (Å²) < 4.78 is 5.21. The van der Waals surface area contributed by atoms with Crippen molar-refractivity contribution in [2.75, 3.05) is 0 Å². The van der Waals surface area contributed by atoms with Gasteiger partial charge in [-0.1, -0.05) is 0 Å². The fraction of sp³-hybridized carbons (Fsp3) is 0.615. The summed E-state index contributed by atoms with van der Waals surface area (Å²) in [5, 5.41) is 50.6. The number of carbonyl (C=O) groups excluding carboxylic acids is 1. The lowest BCUT2D eigenvalue weighted by atomic mass is 9.83. The SMILES string of the molecule is Cc1cc(C(=O)NC2[C@H](O)[C@H](O)C(O)[C@H](O)[C@H]2O)oc1C. The Bertz CT molecular complexity index is 493. The molecule has 1 aliphatic rings. The number of nitrogens with one attached hydrogen (secondary N) is 1. The van der Waals surface area contributed by atoms with Crippen molar-refractivity contribution in [1.29, 1.82) is 0 Å². The first kappa shape index (κ1) is 15.9. The van der Waals surface area contributed by atoms with E-state index in [9.17, 15) is 30.3 Å². The third-order valence-electron chi connectivity index (χ3n) is 3.82. The van der Waals surface area contributed by atoms with E-state index < -0.39 is 42.5 Å². The summed E-state index contributed by atoms with van der Waals surface area (Å²) in [5.41, 5.74) is 0.764. The van der Waals surface area contributed by atoms with Gasteiger partial charge < -0.3 is 35.3 Å². The minimum Gasteiger partial charge on any atom is -0.456 e. The van der Waals surface area contributed by atoms with Crippen LogP contribution in [-0.2, 0) is 0 Å². The topological polar surface area (TPSA) is 143 Å². The quantitative estimate of drug-likeness (QED) is 0.364. The van der Waals surface area contributed by atoms with Crippen LogP contribution in [-0.4, -0.2) is 68.0 Å². The molecule has 1 aromatic rings. The Morgan fingerprint density at radius 2 is 1.48 bits per heavy atom. The van der Waals surface area contributed by atoms with Crippen molar-refractivity contribution < 1.29 is 34.7 Å². The van der Waals surface area contributed by atoms with Crippen LogP contribution in [0.1, 0.15) is 21.9 Å². The molecule has 118 valence electrons. The summed E-state index contributed by atoms with van der Waals surface area (Å²) >= 11 is 0. The predicted octanol–water partition coefficient (Wildman–Crippen LogP) is -2.19. The third-order valence-corrected chi connectivity index (χ3v) is 3.82. The maximum Gasteiger partial charge on any atom is 0.287 e. The fourth-order valence-corrected chi connectivity index (χ4v) is 2.31. The van der Waals surface area contributed by atoms with Gasteiger partial charge in [0.1, 0.15) is 36.3 Å². The maximum atomic E-state index is 12.0. The van der Waals surface area contributed by atoms with E-state index in [1.165, 1.54) is 6.07 Å². The maximum absolute atomic E-state index is 12.0. The van der Waals surface area contributed by atoms with E-state index in [1.54, 1.807) is 13.8 Å². The van der Waals surface area contributed by atoms with Gasteiger partial charge in [-0.2, -0.15) is 0 Å². The van der Waals surface area contributed by atoms with E-state index in [1.807, 2.05) is 0 Å². The van der Waals surface area contributed by atoms with E-state index in [0.29, 0.717) is 5.76 Å². The van der Waals surface area contributed by atoms with Gasteiger partial charge >= 0.3 is 0 Å². The number of rotatable bonds is 2. The molecule has 1 amide bonds. The lowest BCUT2D eigenvalue weighted by Gasteiger charge is -2.41. The molecular weight excluding hydrogens is 282 g/mol. The lowest BCUT2D eigenvalue weighted by molar-refractivity contribution is -0.188. The van der Waals surface area contributed by atoms with E-state index >= 15 is 0 Å². The molecule has 6 N–H and O–H groups in total. The number of hydrogen-bond acceptors (Lipinski definition) is 7. The summed E-state index contributed by atoms with van der Waals surface area (Å²) in [6, 6.07) is 0.158. The Balaban J connectivity index is 2.15. The van der Waals surface area contributed by atoms with Gasteiger partial charge in [0, 0.05) is 0 Å². The van der Waals surface area contributed by atoms with Gasteiger partial charge in [0.2, 0.25) is 0 Å². The second-order valence-electron chi connectivity index (χ2n) is 5.30. The van der Waals surface area contributed by atoms with Crippen LogP contribution in [0, 0.1) is 13.8 Å². The largest absolute Gasteiger partial charge is 0.456 e. The van der Waals surface area contributed by atoms with Crippen LogP contribution in [0.5, 0.6) is 0 Å². The first-order valence-electron chi connectivity index (χ1n) is 6.52. The average Bonchev–Trinajstić information content (AvgIpc) is 2.79. The van der Waals surface area contributed by atoms with Gasteiger partial charge in [0.25, 0.3) is 5.91 Å². The average molecular weight is 301 g/mol. The Hall–Kier alpha value is -1.45. The summed E-state index contributed by atoms with van der Waals surface area (Å²) in [7, 11) is 0. The summed E-state index contributed by atoms with van der Waals surface area (Å²) in [4.78, 5) is 12.0. The van der Waals surface area contributed by atoms with Crippen molar-refractivity contribution >= 4 is 5.91 Å². The predicted molar refractivity (Wildman–Crippen MR) is 69.5 cm³/mol. The monoisotopic (exact) mass is 301 g/mol. The highest BCUT2D eigenvalue weighted by Gasteiger charge is 2.48. The molecule has 0 spiro atoms. The van der Waals surface area contributed by atoms with Crippen LogP contribution >= 0.6 is 0 Å². The second kappa shape index (κ2) is 5.74. The number of hydrogen-bond donors (Lipinski definition) is 6. The molecule has 8 nitrogen and oxygen atoms in total. The van der Waals surface area contributed by atoms with Crippen molar-refractivity contribution in [2.45, 2.75) is 50.4 Å². The molecule has 2 unspecified atom stereocenters. The number of amides is 1. The molecule has 1 saturated carbocycles. The van der Waals surface area contributed by atoms with Gasteiger partial charge in [-0.3, -0.25) is 4.79 Å². The minimum absolute atomic E-state index is 0.0144. The summed E-state index contributed by atoms with van der Waals surface area (Å²) in [6.07, 6.45) is -8.32. The number of aliphatic hydroxyl groups is 5. The van der Waals surface area contributed by atoms with Crippen molar-refractivity contribution in [2.24, 2.45) is 0 Å². The van der Waals surface area contributed by atoms with Gasteiger partial charge in [-0.05, 0) is 25.5 Å². The molecule has 1 aliphatic carbocycles. The van der Waals surface area contributed by atoms with Gasteiger partial charge in [0.15, 0.2) is 5.76 Å². The van der Waals surface area contributed by atoms with Crippen molar-refractivity contribution in [1.82, 2.24) is 5.32 Å². The van der Waals surface area contributed by atoms with Gasteiger partial charge in [-0.25, -0.2) is 0 Å². The van der Waals surface area contributed by atoms with Crippen LogP contribution in [0.25, 0.3) is 0 Å². The summed E-state index contributed by atoms with van der Waals surface area (Å²) in [5.74, 6) is -0.162. The smallest absolute Gasteiger partial charge is 0.287 e. The zero-order valence-corrected chi connectivity index (χ0v) is 11.6. The van der Waals surface area contributed by atoms with Gasteiger partial charge in [-0.15, -0.1) is 0 Å². The highest BCUT2D eigenvalue weighted by molar-refractivity contribution is 5.92. The Kier molecular flexibility index (Phi) is 4.35. The van der Waals surface area contributed by atoms with Crippen LogP contribution in [0.2, 0.25) is 0 Å². The molecule has 6 atom stereocenters. The minimum atomic E-state index is -1.70. The number of aryl methyl sites for hydroxylation is 2. The first-order valence-corrected chi connectivity index (χ1v) is 6.52. The highest BCUT2D eigenvalue weighted by atomic mass is 16.4. The second-order valence-corrected chi connectivity index (χ2v) is 5.30. The number of aliphatic hydroxyl groups excluding tert-OH is 5. The molecular formula is C13H19NO7. The molecule has 21 heavy (non-hydrogen) atoms. The Morgan fingerprint density at radius 3 is 1.90 bits per heavy atom. The molecule has 8 heteroatoms. The fourth-order valence-electron chi connectivity index (χ4n) is 2.31. The molecule has 0 aliphatic heterocycles. The standard InChI is InChI=1S/C13H19NO7/c1-4-3-6(21-5(4)2)13(20)14-7-8(15)10(17)12(19)11(18)9(7)16/h3,7-12,15-19H,1-2H3,(H,14,20)/t7?,8-,9-,10-,11+,12?/m0/s1. The van der Waals surface area contributed by atoms with Crippen LogP contribution in [0.15, 0.2) is 10.5 Å². The molecule has 1 aromatic heterocycles. The Labute approximate surface area is 120 Å². The normalized spacial score (nSPS) is 36.5.